The molecule has 1 aromatic heterocycles. The number of fused-ring (bicyclic) bond motifs is 1. The van der Waals surface area contributed by atoms with Crippen LogP contribution in [0.15, 0.2) is 17.6 Å². The number of rotatable bonds is 1. The first-order valence-electron chi connectivity index (χ1n) is 3.36. The van der Waals surface area contributed by atoms with Crippen LogP contribution in [0.3, 0.4) is 0 Å². The number of carbonyl (C=O) groups excluding carboxylic acids is 1. The summed E-state index contributed by atoms with van der Waals surface area (Å²) in [6, 6.07) is -0.590. The average molecular weight is 186 g/mol. The smallest absolute Gasteiger partial charge is 0.228 e. The molecule has 0 spiro atoms. The Bertz CT molecular complexity index is 420. The Morgan fingerprint density at radius 2 is 2.42 bits per heavy atom. The quantitative estimate of drug-likeness (QED) is 0.550. The van der Waals surface area contributed by atoms with Gasteiger partial charge in [-0.1, -0.05) is 0 Å². The number of aromatic nitrogens is 2. The van der Waals surface area contributed by atoms with Crippen molar-refractivity contribution in [3.8, 4) is 0 Å². The molecule has 1 aliphatic rings. The number of aldehydes is 1. The number of sulfone groups is 1. The van der Waals surface area contributed by atoms with E-state index >= 15 is 0 Å². The monoisotopic (exact) mass is 186 g/mol. The van der Waals surface area contributed by atoms with Gasteiger partial charge in [-0.25, -0.2) is 13.4 Å². The molecular weight excluding hydrogens is 180 g/mol. The van der Waals surface area contributed by atoms with Crippen molar-refractivity contribution in [1.82, 2.24) is 9.55 Å². The van der Waals surface area contributed by atoms with E-state index in [4.69, 9.17) is 0 Å². The number of hydrogen-bond donors (Lipinski definition) is 0. The first kappa shape index (κ1) is 7.48. The van der Waals surface area contributed by atoms with Crippen LogP contribution in [0.4, 0.5) is 0 Å². The van der Waals surface area contributed by atoms with Crippen molar-refractivity contribution in [2.45, 2.75) is 11.2 Å². The number of carbonyl (C=O) groups is 1. The molecule has 1 unspecified atom stereocenters. The molecule has 0 aliphatic carbocycles. The molecule has 1 aliphatic heterocycles. The van der Waals surface area contributed by atoms with E-state index in [2.05, 4.69) is 4.98 Å². The molecule has 0 aromatic carbocycles. The van der Waals surface area contributed by atoms with Crippen LogP contribution >= 0.6 is 0 Å². The minimum Gasteiger partial charge on any atom is -0.311 e. The fourth-order valence-electron chi connectivity index (χ4n) is 1.28. The van der Waals surface area contributed by atoms with Gasteiger partial charge >= 0.3 is 0 Å². The largest absolute Gasteiger partial charge is 0.311 e. The van der Waals surface area contributed by atoms with Crippen molar-refractivity contribution in [2.24, 2.45) is 0 Å². The van der Waals surface area contributed by atoms with Crippen LogP contribution in [0.25, 0.3) is 0 Å². The second-order valence-electron chi connectivity index (χ2n) is 2.60. The molecule has 0 fully saturated rings. The van der Waals surface area contributed by atoms with Gasteiger partial charge in [0, 0.05) is 12.4 Å². The summed E-state index contributed by atoms with van der Waals surface area (Å²) in [5.41, 5.74) is 0. The summed E-state index contributed by atoms with van der Waals surface area (Å²) in [4.78, 5) is 14.1. The van der Waals surface area contributed by atoms with Crippen LogP contribution in [0, 0.1) is 0 Å². The Kier molecular flexibility index (Phi) is 1.35. The molecule has 2 rings (SSSR count). The predicted molar refractivity (Wildman–Crippen MR) is 39.4 cm³/mol. The van der Waals surface area contributed by atoms with Crippen molar-refractivity contribution in [3.05, 3.63) is 12.4 Å². The average Bonchev–Trinajstić information content (AvgIpc) is 2.54. The van der Waals surface area contributed by atoms with Gasteiger partial charge in [-0.2, -0.15) is 0 Å². The van der Waals surface area contributed by atoms with E-state index in [1.807, 2.05) is 0 Å². The molecule has 0 saturated heterocycles. The first-order chi connectivity index (χ1) is 5.65. The molecule has 0 radical (unpaired) electrons. The topological polar surface area (TPSA) is 69.0 Å². The van der Waals surface area contributed by atoms with Crippen LogP contribution < -0.4 is 0 Å². The van der Waals surface area contributed by atoms with Gasteiger partial charge in [0.05, 0.1) is 5.75 Å². The van der Waals surface area contributed by atoms with Gasteiger partial charge in [0.1, 0.15) is 12.3 Å². The summed E-state index contributed by atoms with van der Waals surface area (Å²) >= 11 is 0. The second kappa shape index (κ2) is 2.16. The lowest BCUT2D eigenvalue weighted by Gasteiger charge is -1.98. The summed E-state index contributed by atoms with van der Waals surface area (Å²) in [5, 5.41) is -0.000370. The maximum absolute atomic E-state index is 11.2. The lowest BCUT2D eigenvalue weighted by atomic mass is 10.4. The fourth-order valence-corrected chi connectivity index (χ4v) is 2.85. The van der Waals surface area contributed by atoms with Crippen molar-refractivity contribution in [1.29, 1.82) is 0 Å². The van der Waals surface area contributed by atoms with E-state index in [9.17, 15) is 13.2 Å². The maximum Gasteiger partial charge on any atom is 0.228 e. The van der Waals surface area contributed by atoms with Gasteiger partial charge in [-0.05, 0) is 0 Å². The third kappa shape index (κ3) is 0.811. The number of imidazole rings is 1. The number of hydrogen-bond acceptors (Lipinski definition) is 4. The van der Waals surface area contributed by atoms with Crippen LogP contribution in [-0.2, 0) is 14.6 Å². The van der Waals surface area contributed by atoms with Crippen molar-refractivity contribution >= 4 is 16.1 Å². The van der Waals surface area contributed by atoms with E-state index in [1.165, 1.54) is 17.0 Å². The minimum atomic E-state index is -3.30. The summed E-state index contributed by atoms with van der Waals surface area (Å²) in [6.07, 6.45) is 3.50. The van der Waals surface area contributed by atoms with Gasteiger partial charge in [0.25, 0.3) is 0 Å². The normalized spacial score (nSPS) is 25.2. The molecule has 64 valence electrons. The molecule has 0 saturated carbocycles. The van der Waals surface area contributed by atoms with E-state index in [1.54, 1.807) is 0 Å². The van der Waals surface area contributed by atoms with Crippen molar-refractivity contribution < 1.29 is 13.2 Å². The first-order valence-corrected chi connectivity index (χ1v) is 5.01. The van der Waals surface area contributed by atoms with Crippen LogP contribution in [-0.4, -0.2) is 30.0 Å². The Morgan fingerprint density at radius 1 is 1.67 bits per heavy atom. The highest BCUT2D eigenvalue weighted by molar-refractivity contribution is 7.91. The Labute approximate surface area is 68.9 Å². The van der Waals surface area contributed by atoms with E-state index in [-0.39, 0.29) is 10.9 Å². The highest BCUT2D eigenvalue weighted by Gasteiger charge is 2.35. The number of nitrogens with zero attached hydrogens (tertiary/aromatic N) is 2. The van der Waals surface area contributed by atoms with Crippen LogP contribution in [0.5, 0.6) is 0 Å². The van der Waals surface area contributed by atoms with Crippen LogP contribution in [0.1, 0.15) is 6.04 Å². The molecule has 0 bridgehead atoms. The third-order valence-corrected chi connectivity index (χ3v) is 3.47. The van der Waals surface area contributed by atoms with E-state index < -0.39 is 15.9 Å². The molecule has 2 heterocycles. The molecule has 12 heavy (non-hydrogen) atoms. The molecule has 0 amide bonds. The van der Waals surface area contributed by atoms with Gasteiger partial charge in [-0.15, -0.1) is 0 Å². The molecule has 1 aromatic rings. The predicted octanol–water partition coefficient (Wildman–Crippen LogP) is -0.590. The highest BCUT2D eigenvalue weighted by atomic mass is 32.2. The van der Waals surface area contributed by atoms with E-state index in [0.29, 0.717) is 6.29 Å². The van der Waals surface area contributed by atoms with Crippen molar-refractivity contribution in [2.75, 3.05) is 5.75 Å². The SMILES string of the molecule is O=CC1CS(=O)(=O)c2nccn21. The van der Waals surface area contributed by atoms with E-state index in [0.717, 1.165) is 0 Å². The zero-order valence-corrected chi connectivity index (χ0v) is 6.86. The third-order valence-electron chi connectivity index (χ3n) is 1.82. The maximum atomic E-state index is 11.2. The van der Waals surface area contributed by atoms with Gasteiger partial charge in [-0.3, -0.25) is 0 Å². The molecule has 5 nitrogen and oxygen atoms in total. The lowest BCUT2D eigenvalue weighted by molar-refractivity contribution is -0.110. The minimum absolute atomic E-state index is 0.000370. The summed E-state index contributed by atoms with van der Waals surface area (Å²) in [7, 11) is -3.30. The van der Waals surface area contributed by atoms with Crippen LogP contribution in [0.2, 0.25) is 0 Å². The standard InChI is InChI=1S/C6H6N2O3S/c9-3-5-4-12(10,11)6-7-1-2-8(5)6/h1-3,5H,4H2. The Morgan fingerprint density at radius 3 is 3.08 bits per heavy atom. The zero-order chi connectivity index (χ0) is 8.77. The Balaban J connectivity index is 2.67. The van der Waals surface area contributed by atoms with Gasteiger partial charge < -0.3 is 9.36 Å². The molecule has 0 N–H and O–H groups in total. The fraction of sp³-hybridized carbons (Fsp3) is 0.333. The summed E-state index contributed by atoms with van der Waals surface area (Å²) in [5.74, 6) is -0.153. The van der Waals surface area contributed by atoms with Gasteiger partial charge in [0.2, 0.25) is 15.0 Å². The summed E-state index contributed by atoms with van der Waals surface area (Å²) in [6.45, 7) is 0. The molecular formula is C6H6N2O3S. The molecule has 6 heteroatoms. The summed E-state index contributed by atoms with van der Waals surface area (Å²) < 4.78 is 23.9. The second-order valence-corrected chi connectivity index (χ2v) is 4.53. The van der Waals surface area contributed by atoms with Gasteiger partial charge in [0.15, 0.2) is 0 Å². The Hall–Kier alpha value is -1.17. The zero-order valence-electron chi connectivity index (χ0n) is 6.04. The molecule has 1 atom stereocenters. The highest BCUT2D eigenvalue weighted by Crippen LogP contribution is 2.24. The lowest BCUT2D eigenvalue weighted by Crippen LogP contribution is -2.08. The van der Waals surface area contributed by atoms with Crippen molar-refractivity contribution in [3.63, 3.8) is 0 Å².